The first-order chi connectivity index (χ1) is 9.69. The van der Waals surface area contributed by atoms with Crippen LogP contribution in [-0.4, -0.2) is 15.7 Å². The van der Waals surface area contributed by atoms with Crippen molar-refractivity contribution in [3.8, 4) is 0 Å². The van der Waals surface area contributed by atoms with Crippen molar-refractivity contribution in [1.29, 1.82) is 0 Å². The van der Waals surface area contributed by atoms with Crippen molar-refractivity contribution < 1.29 is 4.79 Å². The Hall–Kier alpha value is -2.07. The maximum atomic E-state index is 11.3. The molecule has 3 aromatic rings. The Morgan fingerprint density at radius 2 is 2.00 bits per heavy atom. The van der Waals surface area contributed by atoms with Crippen LogP contribution in [0.15, 0.2) is 52.5 Å². The van der Waals surface area contributed by atoms with Gasteiger partial charge < -0.3 is 0 Å². The number of aryl methyl sites for hydroxylation is 2. The SMILES string of the molecule is Cc1ccc(Sc2nc3ccccn3c2C=O)cc1C. The first kappa shape index (κ1) is 12.9. The van der Waals surface area contributed by atoms with E-state index in [0.717, 1.165) is 21.9 Å². The Morgan fingerprint density at radius 3 is 2.75 bits per heavy atom. The molecule has 1 aromatic carbocycles. The van der Waals surface area contributed by atoms with Gasteiger partial charge in [-0.3, -0.25) is 9.20 Å². The minimum Gasteiger partial charge on any atom is -0.296 e. The normalized spacial score (nSPS) is 10.9. The van der Waals surface area contributed by atoms with E-state index in [0.29, 0.717) is 5.69 Å². The van der Waals surface area contributed by atoms with E-state index >= 15 is 0 Å². The van der Waals surface area contributed by atoms with Gasteiger partial charge in [-0.15, -0.1) is 0 Å². The number of hydrogen-bond donors (Lipinski definition) is 0. The second kappa shape index (κ2) is 5.13. The third kappa shape index (κ3) is 2.23. The van der Waals surface area contributed by atoms with Crippen molar-refractivity contribution in [3.63, 3.8) is 0 Å². The predicted molar refractivity (Wildman–Crippen MR) is 80.6 cm³/mol. The summed E-state index contributed by atoms with van der Waals surface area (Å²) in [5.74, 6) is 0. The molecule has 0 aliphatic carbocycles. The van der Waals surface area contributed by atoms with Crippen molar-refractivity contribution in [2.75, 3.05) is 0 Å². The summed E-state index contributed by atoms with van der Waals surface area (Å²) in [6, 6.07) is 12.0. The summed E-state index contributed by atoms with van der Waals surface area (Å²) in [6.07, 6.45) is 2.72. The number of fused-ring (bicyclic) bond motifs is 1. The van der Waals surface area contributed by atoms with E-state index in [-0.39, 0.29) is 0 Å². The van der Waals surface area contributed by atoms with Crippen LogP contribution in [-0.2, 0) is 0 Å². The third-order valence-corrected chi connectivity index (χ3v) is 4.32. The van der Waals surface area contributed by atoms with Gasteiger partial charge in [-0.05, 0) is 49.2 Å². The van der Waals surface area contributed by atoms with Crippen molar-refractivity contribution >= 4 is 23.7 Å². The summed E-state index contributed by atoms with van der Waals surface area (Å²) in [7, 11) is 0. The molecular weight excluding hydrogens is 268 g/mol. The highest BCUT2D eigenvalue weighted by molar-refractivity contribution is 7.99. The predicted octanol–water partition coefficient (Wildman–Crippen LogP) is 3.91. The number of nitrogens with zero attached hydrogens (tertiary/aromatic N) is 2. The number of carbonyl (C=O) groups excluding carboxylic acids is 1. The first-order valence-electron chi connectivity index (χ1n) is 6.36. The van der Waals surface area contributed by atoms with E-state index < -0.39 is 0 Å². The highest BCUT2D eigenvalue weighted by Gasteiger charge is 2.12. The molecule has 2 aromatic heterocycles. The van der Waals surface area contributed by atoms with Crippen LogP contribution in [0.5, 0.6) is 0 Å². The Balaban J connectivity index is 2.05. The minimum atomic E-state index is 0.601. The van der Waals surface area contributed by atoms with Gasteiger partial charge in [-0.2, -0.15) is 0 Å². The van der Waals surface area contributed by atoms with Crippen LogP contribution in [0.2, 0.25) is 0 Å². The molecule has 3 rings (SSSR count). The smallest absolute Gasteiger partial charge is 0.169 e. The number of aromatic nitrogens is 2. The second-order valence-electron chi connectivity index (χ2n) is 4.70. The Bertz CT molecular complexity index is 792. The molecule has 0 bridgehead atoms. The molecule has 0 saturated heterocycles. The standard InChI is InChI=1S/C16H14N2OS/c1-11-6-7-13(9-12(11)2)20-16-14(10-19)18-8-4-3-5-15(18)17-16/h3-10H,1-2H3. The highest BCUT2D eigenvalue weighted by atomic mass is 32.2. The van der Waals surface area contributed by atoms with Crippen molar-refractivity contribution in [3.05, 3.63) is 59.4 Å². The van der Waals surface area contributed by atoms with Crippen LogP contribution in [0, 0.1) is 13.8 Å². The van der Waals surface area contributed by atoms with Crippen LogP contribution in [0.4, 0.5) is 0 Å². The van der Waals surface area contributed by atoms with Crippen LogP contribution in [0.3, 0.4) is 0 Å². The summed E-state index contributed by atoms with van der Waals surface area (Å²) in [5, 5.41) is 0.745. The molecule has 0 radical (unpaired) electrons. The topological polar surface area (TPSA) is 34.4 Å². The molecule has 100 valence electrons. The molecule has 0 aliphatic heterocycles. The fourth-order valence-electron chi connectivity index (χ4n) is 2.06. The number of hydrogen-bond acceptors (Lipinski definition) is 3. The van der Waals surface area contributed by atoms with Gasteiger partial charge in [0.15, 0.2) is 6.29 Å². The molecule has 2 heterocycles. The van der Waals surface area contributed by atoms with Gasteiger partial charge >= 0.3 is 0 Å². The van der Waals surface area contributed by atoms with Crippen molar-refractivity contribution in [2.24, 2.45) is 0 Å². The quantitative estimate of drug-likeness (QED) is 0.683. The highest BCUT2D eigenvalue weighted by Crippen LogP contribution is 2.30. The van der Waals surface area contributed by atoms with Crippen LogP contribution < -0.4 is 0 Å². The molecule has 0 aliphatic rings. The van der Waals surface area contributed by atoms with Crippen LogP contribution in [0.1, 0.15) is 21.6 Å². The number of imidazole rings is 1. The van der Waals surface area contributed by atoms with E-state index in [2.05, 4.69) is 37.0 Å². The lowest BCUT2D eigenvalue weighted by atomic mass is 10.1. The van der Waals surface area contributed by atoms with Crippen molar-refractivity contribution in [1.82, 2.24) is 9.38 Å². The van der Waals surface area contributed by atoms with E-state index in [1.54, 1.807) is 0 Å². The molecule has 0 saturated carbocycles. The molecule has 0 fully saturated rings. The lowest BCUT2D eigenvalue weighted by Gasteiger charge is -2.03. The molecule has 4 heteroatoms. The fraction of sp³-hybridized carbons (Fsp3) is 0.125. The van der Waals surface area contributed by atoms with E-state index in [1.807, 2.05) is 28.8 Å². The van der Waals surface area contributed by atoms with Gasteiger partial charge in [-0.25, -0.2) is 4.98 Å². The Labute approximate surface area is 121 Å². The van der Waals surface area contributed by atoms with Crippen molar-refractivity contribution in [2.45, 2.75) is 23.8 Å². The molecular formula is C16H14N2OS. The maximum Gasteiger partial charge on any atom is 0.169 e. The zero-order valence-corrected chi connectivity index (χ0v) is 12.1. The summed E-state index contributed by atoms with van der Waals surface area (Å²) in [6.45, 7) is 4.18. The molecule has 3 nitrogen and oxygen atoms in total. The van der Waals surface area contributed by atoms with Gasteiger partial charge in [0, 0.05) is 11.1 Å². The fourth-order valence-corrected chi connectivity index (χ4v) is 3.05. The average molecular weight is 282 g/mol. The average Bonchev–Trinajstić information content (AvgIpc) is 2.80. The molecule has 0 N–H and O–H groups in total. The summed E-state index contributed by atoms with van der Waals surface area (Å²) in [5.41, 5.74) is 3.90. The van der Waals surface area contributed by atoms with Gasteiger partial charge in [0.1, 0.15) is 16.4 Å². The van der Waals surface area contributed by atoms with Gasteiger partial charge in [0.25, 0.3) is 0 Å². The van der Waals surface area contributed by atoms with Gasteiger partial charge in [0.2, 0.25) is 0 Å². The number of rotatable bonds is 3. The Kier molecular flexibility index (Phi) is 3.32. The van der Waals surface area contributed by atoms with Crippen LogP contribution >= 0.6 is 11.8 Å². The lowest BCUT2D eigenvalue weighted by molar-refractivity contribution is 0.111. The molecule has 0 atom stereocenters. The van der Waals surface area contributed by atoms with Gasteiger partial charge in [0.05, 0.1) is 0 Å². The molecule has 0 unspecified atom stereocenters. The first-order valence-corrected chi connectivity index (χ1v) is 7.18. The maximum absolute atomic E-state index is 11.3. The zero-order chi connectivity index (χ0) is 14.1. The minimum absolute atomic E-state index is 0.601. The molecule has 0 amide bonds. The summed E-state index contributed by atoms with van der Waals surface area (Å²) in [4.78, 5) is 17.0. The number of carbonyl (C=O) groups is 1. The second-order valence-corrected chi connectivity index (χ2v) is 5.76. The Morgan fingerprint density at radius 1 is 1.15 bits per heavy atom. The monoisotopic (exact) mass is 282 g/mol. The summed E-state index contributed by atoms with van der Waals surface area (Å²) < 4.78 is 1.82. The lowest BCUT2D eigenvalue weighted by Crippen LogP contribution is -1.90. The van der Waals surface area contributed by atoms with Gasteiger partial charge in [-0.1, -0.05) is 23.9 Å². The molecule has 0 spiro atoms. The number of pyridine rings is 1. The van der Waals surface area contributed by atoms with E-state index in [9.17, 15) is 4.79 Å². The number of benzene rings is 1. The van der Waals surface area contributed by atoms with E-state index in [1.165, 1.54) is 22.9 Å². The molecule has 20 heavy (non-hydrogen) atoms. The largest absolute Gasteiger partial charge is 0.296 e. The van der Waals surface area contributed by atoms with Crippen LogP contribution in [0.25, 0.3) is 5.65 Å². The third-order valence-electron chi connectivity index (χ3n) is 3.34. The van der Waals surface area contributed by atoms with E-state index in [4.69, 9.17) is 0 Å². The zero-order valence-electron chi connectivity index (χ0n) is 11.3. The number of aldehydes is 1. The summed E-state index contributed by atoms with van der Waals surface area (Å²) >= 11 is 1.52.